The maximum Gasteiger partial charge on any atom is 0.302 e. The second-order valence-electron chi connectivity index (χ2n) is 10.8. The van der Waals surface area contributed by atoms with Crippen LogP contribution in [0.15, 0.2) is 36.2 Å². The molecule has 0 aliphatic heterocycles. The van der Waals surface area contributed by atoms with Crippen LogP contribution in [0.1, 0.15) is 76.8 Å². The van der Waals surface area contributed by atoms with E-state index in [9.17, 15) is 4.79 Å². The van der Waals surface area contributed by atoms with Crippen molar-refractivity contribution in [3.63, 3.8) is 0 Å². The first-order valence-electron chi connectivity index (χ1n) is 11.8. The highest BCUT2D eigenvalue weighted by molar-refractivity contribution is 5.79. The normalized spacial score (nSPS) is 39.9. The molecular formula is C27H35NO2. The zero-order valence-electron chi connectivity index (χ0n) is 18.9. The zero-order valence-corrected chi connectivity index (χ0v) is 18.9. The molecule has 30 heavy (non-hydrogen) atoms. The summed E-state index contributed by atoms with van der Waals surface area (Å²) < 4.78 is 5.62. The summed E-state index contributed by atoms with van der Waals surface area (Å²) in [6, 6.07) is 2.14. The number of carbonyl (C=O) groups is 1. The average molecular weight is 406 g/mol. The van der Waals surface area contributed by atoms with Crippen LogP contribution < -0.4 is 0 Å². The Morgan fingerprint density at radius 1 is 1.13 bits per heavy atom. The Labute approximate surface area is 181 Å². The summed E-state index contributed by atoms with van der Waals surface area (Å²) in [7, 11) is 0. The van der Waals surface area contributed by atoms with Crippen LogP contribution in [-0.4, -0.2) is 17.1 Å². The SMILES string of the molecule is CC(=O)O[C@H]1CC[C@@]2(C)C(CC[C@H]3C4=CC=C(c5cnccc5C)[C@@]4(C)CC[C@@H]32)C1. The largest absolute Gasteiger partial charge is 0.463 e. The number of carbonyl (C=O) groups excluding carboxylic acids is 1. The van der Waals surface area contributed by atoms with Crippen molar-refractivity contribution in [1.29, 1.82) is 0 Å². The Balaban J connectivity index is 1.40. The van der Waals surface area contributed by atoms with Crippen LogP contribution >= 0.6 is 0 Å². The first-order chi connectivity index (χ1) is 14.3. The van der Waals surface area contributed by atoms with Crippen molar-refractivity contribution in [2.45, 2.75) is 78.7 Å². The Morgan fingerprint density at radius 2 is 1.97 bits per heavy atom. The lowest BCUT2D eigenvalue weighted by atomic mass is 9.46. The van der Waals surface area contributed by atoms with Gasteiger partial charge < -0.3 is 4.74 Å². The quantitative estimate of drug-likeness (QED) is 0.544. The summed E-state index contributed by atoms with van der Waals surface area (Å²) in [6.07, 6.45) is 17.3. The van der Waals surface area contributed by atoms with Crippen molar-refractivity contribution in [3.05, 3.63) is 47.3 Å². The molecule has 3 heteroatoms. The summed E-state index contributed by atoms with van der Waals surface area (Å²) >= 11 is 0. The molecule has 1 unspecified atom stereocenters. The number of nitrogens with zero attached hydrogens (tertiary/aromatic N) is 1. The number of hydrogen-bond acceptors (Lipinski definition) is 3. The van der Waals surface area contributed by atoms with Crippen molar-refractivity contribution in [3.8, 4) is 0 Å². The molecular weight excluding hydrogens is 370 g/mol. The van der Waals surface area contributed by atoms with Gasteiger partial charge in [0.1, 0.15) is 6.10 Å². The highest BCUT2D eigenvalue weighted by atomic mass is 16.5. The van der Waals surface area contributed by atoms with E-state index in [0.717, 1.165) is 18.8 Å². The molecule has 3 fully saturated rings. The second kappa shape index (κ2) is 7.07. The van der Waals surface area contributed by atoms with Gasteiger partial charge in [-0.1, -0.05) is 31.6 Å². The van der Waals surface area contributed by atoms with Crippen LogP contribution in [-0.2, 0) is 9.53 Å². The predicted molar refractivity (Wildman–Crippen MR) is 120 cm³/mol. The summed E-state index contributed by atoms with van der Waals surface area (Å²) in [4.78, 5) is 15.9. The molecule has 3 saturated carbocycles. The number of fused-ring (bicyclic) bond motifs is 5. The van der Waals surface area contributed by atoms with Gasteiger partial charge in [0.15, 0.2) is 0 Å². The Kier molecular flexibility index (Phi) is 4.72. The predicted octanol–water partition coefficient (Wildman–Crippen LogP) is 6.28. The number of aromatic nitrogens is 1. The van der Waals surface area contributed by atoms with Gasteiger partial charge in [0.05, 0.1) is 0 Å². The maximum absolute atomic E-state index is 11.5. The maximum atomic E-state index is 11.5. The van der Waals surface area contributed by atoms with E-state index in [2.05, 4.69) is 50.2 Å². The van der Waals surface area contributed by atoms with E-state index >= 15 is 0 Å². The summed E-state index contributed by atoms with van der Waals surface area (Å²) in [5.74, 6) is 2.03. The van der Waals surface area contributed by atoms with Crippen LogP contribution in [0.5, 0.6) is 0 Å². The Morgan fingerprint density at radius 3 is 2.73 bits per heavy atom. The molecule has 6 atom stereocenters. The lowest BCUT2D eigenvalue weighted by molar-refractivity contribution is -0.154. The minimum atomic E-state index is -0.119. The van der Waals surface area contributed by atoms with Gasteiger partial charge in [0.2, 0.25) is 0 Å². The van der Waals surface area contributed by atoms with Gasteiger partial charge in [-0.05, 0) is 97.8 Å². The van der Waals surface area contributed by atoms with Gasteiger partial charge in [-0.3, -0.25) is 9.78 Å². The number of rotatable bonds is 2. The van der Waals surface area contributed by atoms with Crippen molar-refractivity contribution in [2.24, 2.45) is 28.6 Å². The standard InChI is InChI=1S/C27H35NO2/c1-17-11-14-28-16-22(17)24-8-7-23-21-6-5-19-15-20(30-18(2)29)9-12-26(19,3)25(21)10-13-27(23,24)4/h7-8,11,14,16,19-21,25H,5-6,9-10,12-13,15H2,1-4H3/t19?,20-,21-,25-,26-,27-/m0/s1. The lowest BCUT2D eigenvalue weighted by Crippen LogP contribution is -2.51. The summed E-state index contributed by atoms with van der Waals surface area (Å²) in [5, 5.41) is 0. The number of allylic oxidation sites excluding steroid dienone is 4. The third kappa shape index (κ3) is 2.92. The highest BCUT2D eigenvalue weighted by Gasteiger charge is 2.56. The second-order valence-corrected chi connectivity index (χ2v) is 10.8. The third-order valence-corrected chi connectivity index (χ3v) is 9.32. The molecule has 0 bridgehead atoms. The van der Waals surface area contributed by atoms with Crippen molar-refractivity contribution in [2.75, 3.05) is 0 Å². The van der Waals surface area contributed by atoms with Gasteiger partial charge in [0.25, 0.3) is 0 Å². The van der Waals surface area contributed by atoms with Crippen molar-refractivity contribution < 1.29 is 9.53 Å². The van der Waals surface area contributed by atoms with Crippen LogP contribution in [0, 0.1) is 35.5 Å². The lowest BCUT2D eigenvalue weighted by Gasteiger charge is -2.59. The average Bonchev–Trinajstić information content (AvgIpc) is 3.05. The molecule has 0 N–H and O–H groups in total. The van der Waals surface area contributed by atoms with Gasteiger partial charge in [-0.25, -0.2) is 0 Å². The Bertz CT molecular complexity index is 931. The van der Waals surface area contributed by atoms with E-state index in [1.165, 1.54) is 48.8 Å². The molecule has 0 spiro atoms. The molecule has 160 valence electrons. The first kappa shape index (κ1) is 20.0. The minimum absolute atomic E-state index is 0.119. The van der Waals surface area contributed by atoms with Gasteiger partial charge in [0, 0.05) is 24.7 Å². The van der Waals surface area contributed by atoms with E-state index in [1.54, 1.807) is 12.5 Å². The molecule has 0 amide bonds. The van der Waals surface area contributed by atoms with Crippen LogP contribution in [0.4, 0.5) is 0 Å². The molecule has 0 saturated heterocycles. The third-order valence-electron chi connectivity index (χ3n) is 9.32. The van der Waals surface area contributed by atoms with Gasteiger partial charge >= 0.3 is 5.97 Å². The molecule has 5 rings (SSSR count). The molecule has 1 aromatic rings. The fraction of sp³-hybridized carbons (Fsp3) is 0.630. The number of ether oxygens (including phenoxy) is 1. The number of aryl methyl sites for hydroxylation is 1. The summed E-state index contributed by atoms with van der Waals surface area (Å²) in [6.45, 7) is 8.79. The van der Waals surface area contributed by atoms with E-state index in [0.29, 0.717) is 17.3 Å². The topological polar surface area (TPSA) is 39.2 Å². The van der Waals surface area contributed by atoms with Gasteiger partial charge in [-0.15, -0.1) is 0 Å². The van der Waals surface area contributed by atoms with Gasteiger partial charge in [-0.2, -0.15) is 0 Å². The molecule has 0 aromatic carbocycles. The fourth-order valence-corrected chi connectivity index (χ4v) is 7.69. The number of pyridine rings is 1. The van der Waals surface area contributed by atoms with E-state index < -0.39 is 0 Å². The molecule has 1 heterocycles. The highest BCUT2D eigenvalue weighted by Crippen LogP contribution is 2.66. The van der Waals surface area contributed by atoms with Crippen LogP contribution in [0.25, 0.3) is 5.57 Å². The van der Waals surface area contributed by atoms with Crippen molar-refractivity contribution >= 4 is 11.5 Å². The van der Waals surface area contributed by atoms with E-state index in [1.807, 2.05) is 6.20 Å². The minimum Gasteiger partial charge on any atom is -0.463 e. The van der Waals surface area contributed by atoms with Crippen LogP contribution in [0.3, 0.4) is 0 Å². The number of esters is 1. The molecule has 4 aliphatic carbocycles. The fourth-order valence-electron chi connectivity index (χ4n) is 7.69. The van der Waals surface area contributed by atoms with E-state index in [-0.39, 0.29) is 17.5 Å². The molecule has 1 aromatic heterocycles. The molecule has 3 nitrogen and oxygen atoms in total. The van der Waals surface area contributed by atoms with Crippen LogP contribution in [0.2, 0.25) is 0 Å². The molecule has 0 radical (unpaired) electrons. The number of hydrogen-bond donors (Lipinski definition) is 0. The monoisotopic (exact) mass is 405 g/mol. The summed E-state index contributed by atoms with van der Waals surface area (Å²) in [5.41, 5.74) is 6.35. The Hall–Kier alpha value is -1.90. The molecule has 4 aliphatic rings. The zero-order chi connectivity index (χ0) is 21.1. The smallest absolute Gasteiger partial charge is 0.302 e. The van der Waals surface area contributed by atoms with Crippen molar-refractivity contribution in [1.82, 2.24) is 4.98 Å². The first-order valence-corrected chi connectivity index (χ1v) is 11.8. The van der Waals surface area contributed by atoms with E-state index in [4.69, 9.17) is 4.74 Å².